The van der Waals surface area contributed by atoms with Gasteiger partial charge in [0.2, 0.25) is 0 Å². The van der Waals surface area contributed by atoms with Crippen molar-refractivity contribution in [3.8, 4) is 0 Å². The summed E-state index contributed by atoms with van der Waals surface area (Å²) in [5, 5.41) is 1.42. The van der Waals surface area contributed by atoms with Crippen LogP contribution in [0.3, 0.4) is 0 Å². The van der Waals surface area contributed by atoms with Crippen LogP contribution in [-0.2, 0) is 5.75 Å². The van der Waals surface area contributed by atoms with Crippen LogP contribution in [0.2, 0.25) is 5.15 Å². The summed E-state index contributed by atoms with van der Waals surface area (Å²) in [4.78, 5) is 8.35. The van der Waals surface area contributed by atoms with E-state index in [0.29, 0.717) is 11.0 Å². The lowest BCUT2D eigenvalue weighted by Gasteiger charge is -2.02. The Morgan fingerprint density at radius 1 is 1.19 bits per heavy atom. The van der Waals surface area contributed by atoms with E-state index in [9.17, 15) is 0 Å². The van der Waals surface area contributed by atoms with Gasteiger partial charge in [0.15, 0.2) is 0 Å². The number of hydrogen-bond donors (Lipinski definition) is 0. The minimum absolute atomic E-state index is 0.503. The van der Waals surface area contributed by atoms with Crippen molar-refractivity contribution in [1.82, 2.24) is 9.97 Å². The molecule has 0 spiro atoms. The minimum Gasteiger partial charge on any atom is -0.227 e. The van der Waals surface area contributed by atoms with E-state index < -0.39 is 0 Å². The van der Waals surface area contributed by atoms with Crippen molar-refractivity contribution in [1.29, 1.82) is 0 Å². The quantitative estimate of drug-likeness (QED) is 0.613. The molecule has 0 amide bonds. The topological polar surface area (TPSA) is 25.8 Å². The molecule has 0 unspecified atom stereocenters. The summed E-state index contributed by atoms with van der Waals surface area (Å²) in [5.74, 6) is 1.61. The number of aryl methyl sites for hydroxylation is 1. The van der Waals surface area contributed by atoms with Crippen LogP contribution in [-0.4, -0.2) is 9.97 Å². The molecule has 82 valence electrons. The molecule has 0 aliphatic rings. The monoisotopic (exact) mass is 250 g/mol. The van der Waals surface area contributed by atoms with Gasteiger partial charge in [-0.1, -0.05) is 41.9 Å². The molecule has 4 heteroatoms. The Hall–Kier alpha value is -1.06. The molecule has 0 bridgehead atoms. The van der Waals surface area contributed by atoms with Gasteiger partial charge >= 0.3 is 0 Å². The van der Waals surface area contributed by atoms with Gasteiger partial charge in [-0.3, -0.25) is 0 Å². The van der Waals surface area contributed by atoms with Gasteiger partial charge in [-0.25, -0.2) is 9.97 Å². The zero-order valence-electron chi connectivity index (χ0n) is 8.85. The summed E-state index contributed by atoms with van der Waals surface area (Å²) in [7, 11) is 0. The summed E-state index contributed by atoms with van der Waals surface area (Å²) in [6, 6.07) is 12.1. The molecular formula is C12H11ClN2S. The van der Waals surface area contributed by atoms with Crippen LogP contribution in [0, 0.1) is 6.92 Å². The molecule has 1 aromatic carbocycles. The lowest BCUT2D eigenvalue weighted by Crippen LogP contribution is -1.90. The molecular weight excluding hydrogens is 240 g/mol. The van der Waals surface area contributed by atoms with E-state index in [-0.39, 0.29) is 0 Å². The first-order valence-corrected chi connectivity index (χ1v) is 6.28. The van der Waals surface area contributed by atoms with Crippen molar-refractivity contribution < 1.29 is 0 Å². The largest absolute Gasteiger partial charge is 0.227 e. The van der Waals surface area contributed by atoms with Gasteiger partial charge < -0.3 is 0 Å². The van der Waals surface area contributed by atoms with Crippen molar-refractivity contribution in [2.45, 2.75) is 17.7 Å². The average Bonchev–Trinajstić information content (AvgIpc) is 2.27. The van der Waals surface area contributed by atoms with Crippen molar-refractivity contribution in [3.05, 3.63) is 52.9 Å². The van der Waals surface area contributed by atoms with Crippen molar-refractivity contribution in [3.63, 3.8) is 0 Å². The molecule has 16 heavy (non-hydrogen) atoms. The molecule has 0 radical (unpaired) electrons. The fraction of sp³-hybridized carbons (Fsp3) is 0.167. The average molecular weight is 251 g/mol. The number of hydrogen-bond acceptors (Lipinski definition) is 3. The van der Waals surface area contributed by atoms with Gasteiger partial charge in [0.05, 0.1) is 0 Å². The van der Waals surface area contributed by atoms with E-state index in [0.717, 1.165) is 10.8 Å². The number of nitrogens with zero attached hydrogens (tertiary/aromatic N) is 2. The summed E-state index contributed by atoms with van der Waals surface area (Å²) < 4.78 is 0. The normalized spacial score (nSPS) is 10.4. The third kappa shape index (κ3) is 3.22. The highest BCUT2D eigenvalue weighted by molar-refractivity contribution is 7.98. The molecule has 1 aromatic heterocycles. The van der Waals surface area contributed by atoms with Crippen LogP contribution in [0.5, 0.6) is 0 Å². The predicted molar refractivity (Wildman–Crippen MR) is 67.8 cm³/mol. The Morgan fingerprint density at radius 3 is 2.62 bits per heavy atom. The van der Waals surface area contributed by atoms with Gasteiger partial charge in [0.1, 0.15) is 16.0 Å². The molecule has 2 nitrogen and oxygen atoms in total. The van der Waals surface area contributed by atoms with Crippen LogP contribution in [0.15, 0.2) is 41.4 Å². The number of rotatable bonds is 3. The number of aromatic nitrogens is 2. The molecule has 0 aliphatic heterocycles. The maximum absolute atomic E-state index is 5.87. The highest BCUT2D eigenvalue weighted by Gasteiger charge is 2.01. The minimum atomic E-state index is 0.503. The number of thioether (sulfide) groups is 1. The first kappa shape index (κ1) is 11.4. The van der Waals surface area contributed by atoms with Gasteiger partial charge in [0.25, 0.3) is 0 Å². The van der Waals surface area contributed by atoms with Gasteiger partial charge in [0, 0.05) is 11.8 Å². The molecule has 0 saturated carbocycles. The van der Waals surface area contributed by atoms with E-state index in [1.807, 2.05) is 25.1 Å². The van der Waals surface area contributed by atoms with Crippen molar-refractivity contribution in [2.75, 3.05) is 0 Å². The SMILES string of the molecule is Cc1nc(Cl)cc(SCc2ccccc2)n1. The molecule has 0 saturated heterocycles. The zero-order valence-corrected chi connectivity index (χ0v) is 10.4. The molecule has 0 aliphatic carbocycles. The Bertz CT molecular complexity index is 453. The van der Waals surface area contributed by atoms with Crippen LogP contribution < -0.4 is 0 Å². The summed E-state index contributed by atoms with van der Waals surface area (Å²) in [5.41, 5.74) is 1.28. The Morgan fingerprint density at radius 2 is 1.94 bits per heavy atom. The number of benzene rings is 1. The Balaban J connectivity index is 2.05. The zero-order chi connectivity index (χ0) is 11.4. The first-order chi connectivity index (χ1) is 7.74. The highest BCUT2D eigenvalue weighted by Crippen LogP contribution is 2.22. The second-order valence-electron chi connectivity index (χ2n) is 3.35. The third-order valence-electron chi connectivity index (χ3n) is 2.01. The summed E-state index contributed by atoms with van der Waals surface area (Å²) >= 11 is 7.53. The van der Waals surface area contributed by atoms with E-state index in [4.69, 9.17) is 11.6 Å². The Labute approximate surface area is 104 Å². The smallest absolute Gasteiger partial charge is 0.133 e. The second-order valence-corrected chi connectivity index (χ2v) is 4.73. The van der Waals surface area contributed by atoms with Gasteiger partial charge in [-0.15, -0.1) is 11.8 Å². The fourth-order valence-electron chi connectivity index (χ4n) is 1.31. The summed E-state index contributed by atoms with van der Waals surface area (Å²) in [6.07, 6.45) is 0. The van der Waals surface area contributed by atoms with Crippen molar-refractivity contribution >= 4 is 23.4 Å². The molecule has 2 rings (SSSR count). The van der Waals surface area contributed by atoms with Crippen LogP contribution in [0.4, 0.5) is 0 Å². The van der Waals surface area contributed by atoms with Gasteiger partial charge in [-0.05, 0) is 12.5 Å². The van der Waals surface area contributed by atoms with Crippen molar-refractivity contribution in [2.24, 2.45) is 0 Å². The fourth-order valence-corrected chi connectivity index (χ4v) is 2.50. The van der Waals surface area contributed by atoms with E-state index >= 15 is 0 Å². The lowest BCUT2D eigenvalue weighted by atomic mass is 10.2. The van der Waals surface area contributed by atoms with E-state index in [1.165, 1.54) is 5.56 Å². The van der Waals surface area contributed by atoms with E-state index in [2.05, 4.69) is 22.1 Å². The lowest BCUT2D eigenvalue weighted by molar-refractivity contribution is 0.967. The van der Waals surface area contributed by atoms with Crippen LogP contribution >= 0.6 is 23.4 Å². The van der Waals surface area contributed by atoms with Crippen LogP contribution in [0.25, 0.3) is 0 Å². The molecule has 0 N–H and O–H groups in total. The maximum Gasteiger partial charge on any atom is 0.133 e. The maximum atomic E-state index is 5.87. The second kappa shape index (κ2) is 5.32. The highest BCUT2D eigenvalue weighted by atomic mass is 35.5. The molecule has 2 aromatic rings. The molecule has 0 fully saturated rings. The van der Waals surface area contributed by atoms with Gasteiger partial charge in [-0.2, -0.15) is 0 Å². The van der Waals surface area contributed by atoms with E-state index in [1.54, 1.807) is 17.8 Å². The van der Waals surface area contributed by atoms with Crippen LogP contribution in [0.1, 0.15) is 11.4 Å². The number of halogens is 1. The Kier molecular flexibility index (Phi) is 3.80. The standard InChI is InChI=1S/C12H11ClN2S/c1-9-14-11(13)7-12(15-9)16-8-10-5-3-2-4-6-10/h2-7H,8H2,1H3. The molecule has 0 atom stereocenters. The summed E-state index contributed by atoms with van der Waals surface area (Å²) in [6.45, 7) is 1.85. The predicted octanol–water partition coefficient (Wildman–Crippen LogP) is 3.73. The third-order valence-corrected chi connectivity index (χ3v) is 3.19. The first-order valence-electron chi connectivity index (χ1n) is 4.92. The molecule has 1 heterocycles.